The predicted octanol–water partition coefficient (Wildman–Crippen LogP) is 5.20. The molecule has 0 fully saturated rings. The molecule has 0 amide bonds. The first-order valence-corrected chi connectivity index (χ1v) is 9.67. The Morgan fingerprint density at radius 2 is 1.64 bits per heavy atom. The fourth-order valence-corrected chi connectivity index (χ4v) is 3.52. The second-order valence-corrected chi connectivity index (χ2v) is 7.42. The molecule has 3 rings (SSSR count). The monoisotopic (exact) mass is 416 g/mol. The fourth-order valence-electron chi connectivity index (χ4n) is 2.44. The van der Waals surface area contributed by atoms with Crippen LogP contribution in [0.15, 0.2) is 82.2 Å². The molecule has 0 spiro atoms. The van der Waals surface area contributed by atoms with E-state index >= 15 is 0 Å². The average molecular weight is 417 g/mol. The summed E-state index contributed by atoms with van der Waals surface area (Å²) in [7, 11) is 0. The lowest BCUT2D eigenvalue weighted by Gasteiger charge is -2.09. The number of hydrogen-bond donors (Lipinski definition) is 1. The molecule has 0 saturated carbocycles. The van der Waals surface area contributed by atoms with Crippen LogP contribution < -0.4 is 4.74 Å². The zero-order valence-corrected chi connectivity index (χ0v) is 15.8. The molecular formula is C20H17BrO3S. The molecule has 5 heteroatoms. The molecule has 1 atom stereocenters. The number of rotatable bonds is 6. The maximum atomic E-state index is 11.1. The van der Waals surface area contributed by atoms with Gasteiger partial charge in [0.15, 0.2) is 11.1 Å². The van der Waals surface area contributed by atoms with Gasteiger partial charge in [0.1, 0.15) is 12.4 Å². The van der Waals surface area contributed by atoms with Gasteiger partial charge in [0.2, 0.25) is 0 Å². The van der Waals surface area contributed by atoms with Crippen molar-refractivity contribution in [3.05, 3.63) is 94.0 Å². The lowest BCUT2D eigenvalue weighted by Crippen LogP contribution is -1.96. The molecule has 0 aliphatic heterocycles. The van der Waals surface area contributed by atoms with Crippen LogP contribution in [0.3, 0.4) is 0 Å². The third-order valence-corrected chi connectivity index (χ3v) is 5.19. The smallest absolute Gasteiger partial charge is 0.186 e. The normalized spacial score (nSPS) is 11.9. The molecule has 3 nitrogen and oxygen atoms in total. The van der Waals surface area contributed by atoms with Crippen molar-refractivity contribution >= 4 is 27.0 Å². The maximum Gasteiger partial charge on any atom is 0.186 e. The summed E-state index contributed by atoms with van der Waals surface area (Å²) in [5.74, 6) is 0.831. The number of ether oxygens (including phenoxy) is 1. The summed E-state index contributed by atoms with van der Waals surface area (Å²) in [6, 6.07) is 23.3. The quantitative estimate of drug-likeness (QED) is 0.561. The van der Waals surface area contributed by atoms with Crippen molar-refractivity contribution in [2.24, 2.45) is 0 Å². The van der Waals surface area contributed by atoms with E-state index in [9.17, 15) is 4.21 Å². The predicted molar refractivity (Wildman–Crippen MR) is 103 cm³/mol. The van der Waals surface area contributed by atoms with Gasteiger partial charge in [0.05, 0.1) is 4.90 Å². The molecule has 0 aliphatic rings. The molecule has 0 heterocycles. The maximum absolute atomic E-state index is 11.1. The van der Waals surface area contributed by atoms with Crippen molar-refractivity contribution < 1.29 is 13.5 Å². The Morgan fingerprint density at radius 3 is 2.28 bits per heavy atom. The number of benzene rings is 3. The third kappa shape index (κ3) is 5.01. The van der Waals surface area contributed by atoms with E-state index in [0.717, 1.165) is 33.3 Å². The van der Waals surface area contributed by atoms with Crippen LogP contribution in [-0.4, -0.2) is 8.76 Å². The molecule has 3 aromatic carbocycles. The van der Waals surface area contributed by atoms with E-state index in [0.29, 0.717) is 11.5 Å². The summed E-state index contributed by atoms with van der Waals surface area (Å²) in [6.07, 6.45) is 0.734. The highest BCUT2D eigenvalue weighted by atomic mass is 79.9. The van der Waals surface area contributed by atoms with Crippen molar-refractivity contribution in [1.29, 1.82) is 0 Å². The van der Waals surface area contributed by atoms with Gasteiger partial charge >= 0.3 is 0 Å². The van der Waals surface area contributed by atoms with Crippen molar-refractivity contribution in [2.45, 2.75) is 17.9 Å². The zero-order valence-electron chi connectivity index (χ0n) is 13.4. The highest BCUT2D eigenvalue weighted by Gasteiger charge is 2.06. The summed E-state index contributed by atoms with van der Waals surface area (Å²) in [5, 5.41) is 0. The Hall–Kier alpha value is -1.95. The Labute approximate surface area is 158 Å². The van der Waals surface area contributed by atoms with E-state index in [2.05, 4.69) is 15.9 Å². The van der Waals surface area contributed by atoms with Crippen LogP contribution in [-0.2, 0) is 24.1 Å². The topological polar surface area (TPSA) is 46.5 Å². The van der Waals surface area contributed by atoms with Crippen molar-refractivity contribution in [3.8, 4) is 5.75 Å². The van der Waals surface area contributed by atoms with E-state index in [1.54, 1.807) is 12.1 Å². The summed E-state index contributed by atoms with van der Waals surface area (Å²) in [6.45, 7) is 0.547. The fraction of sp³-hybridized carbons (Fsp3) is 0.100. The lowest BCUT2D eigenvalue weighted by atomic mass is 10.1. The van der Waals surface area contributed by atoms with Gasteiger partial charge in [-0.05, 0) is 47.4 Å². The van der Waals surface area contributed by atoms with E-state index in [4.69, 9.17) is 9.29 Å². The molecule has 0 aromatic heterocycles. The first kappa shape index (κ1) is 17.9. The van der Waals surface area contributed by atoms with Crippen LogP contribution in [0.4, 0.5) is 0 Å². The summed E-state index contributed by atoms with van der Waals surface area (Å²) in [5.41, 5.74) is 3.34. The van der Waals surface area contributed by atoms with Gasteiger partial charge in [0, 0.05) is 4.47 Å². The van der Waals surface area contributed by atoms with E-state index in [-0.39, 0.29) is 0 Å². The number of hydrogen-bond acceptors (Lipinski definition) is 2. The van der Waals surface area contributed by atoms with Crippen molar-refractivity contribution in [1.82, 2.24) is 0 Å². The Morgan fingerprint density at radius 1 is 0.920 bits per heavy atom. The minimum atomic E-state index is -1.96. The zero-order chi connectivity index (χ0) is 17.6. The minimum Gasteiger partial charge on any atom is -0.489 e. The standard InChI is InChI=1S/C20H17BrO3S/c21-20-13-19(25(22)23)11-8-17(20)12-15-6-9-18(10-7-15)24-14-16-4-2-1-3-5-16/h1-11,13H,12,14H2,(H,22,23). The molecule has 0 bridgehead atoms. The molecule has 1 N–H and O–H groups in total. The molecule has 0 saturated heterocycles. The Kier molecular flexibility index (Phi) is 6.02. The van der Waals surface area contributed by atoms with Gasteiger partial charge in [-0.15, -0.1) is 0 Å². The van der Waals surface area contributed by atoms with Gasteiger partial charge in [-0.2, -0.15) is 0 Å². The van der Waals surface area contributed by atoms with E-state index in [1.807, 2.05) is 60.7 Å². The van der Waals surface area contributed by atoms with Crippen LogP contribution in [0.5, 0.6) is 5.75 Å². The molecule has 0 radical (unpaired) electrons. The lowest BCUT2D eigenvalue weighted by molar-refractivity contribution is 0.306. The van der Waals surface area contributed by atoms with E-state index < -0.39 is 11.1 Å². The molecular weight excluding hydrogens is 400 g/mol. The van der Waals surface area contributed by atoms with Crippen molar-refractivity contribution in [3.63, 3.8) is 0 Å². The molecule has 25 heavy (non-hydrogen) atoms. The SMILES string of the molecule is O=S(O)c1ccc(Cc2ccc(OCc3ccccc3)cc2)c(Br)c1. The summed E-state index contributed by atoms with van der Waals surface area (Å²) >= 11 is 1.51. The van der Waals surface area contributed by atoms with Gasteiger partial charge in [-0.3, -0.25) is 0 Å². The molecule has 0 aliphatic carbocycles. The third-order valence-electron chi connectivity index (χ3n) is 3.79. The largest absolute Gasteiger partial charge is 0.489 e. The number of halogens is 1. The first-order chi connectivity index (χ1) is 12.1. The highest BCUT2D eigenvalue weighted by Crippen LogP contribution is 2.24. The van der Waals surface area contributed by atoms with Crippen LogP contribution in [0, 0.1) is 0 Å². The minimum absolute atomic E-state index is 0.389. The van der Waals surface area contributed by atoms with Gasteiger partial charge in [-0.1, -0.05) is 64.5 Å². The highest BCUT2D eigenvalue weighted by molar-refractivity contribution is 9.10. The second-order valence-electron chi connectivity index (χ2n) is 5.60. The first-order valence-electron chi connectivity index (χ1n) is 7.77. The Bertz CT molecular complexity index is 864. The van der Waals surface area contributed by atoms with Crippen LogP contribution in [0.1, 0.15) is 16.7 Å². The molecule has 1 unspecified atom stereocenters. The molecule has 128 valence electrons. The average Bonchev–Trinajstić information content (AvgIpc) is 2.63. The van der Waals surface area contributed by atoms with Crippen LogP contribution in [0.25, 0.3) is 0 Å². The van der Waals surface area contributed by atoms with Gasteiger partial charge in [0.25, 0.3) is 0 Å². The second kappa shape index (κ2) is 8.43. The summed E-state index contributed by atoms with van der Waals surface area (Å²) < 4.78 is 26.9. The van der Waals surface area contributed by atoms with Crippen LogP contribution >= 0.6 is 15.9 Å². The summed E-state index contributed by atoms with van der Waals surface area (Å²) in [4.78, 5) is 0.389. The van der Waals surface area contributed by atoms with Gasteiger partial charge < -0.3 is 9.29 Å². The van der Waals surface area contributed by atoms with Crippen molar-refractivity contribution in [2.75, 3.05) is 0 Å². The van der Waals surface area contributed by atoms with E-state index in [1.165, 1.54) is 0 Å². The van der Waals surface area contributed by atoms with Gasteiger partial charge in [-0.25, -0.2) is 4.21 Å². The van der Waals surface area contributed by atoms with Crippen LogP contribution in [0.2, 0.25) is 0 Å². The Balaban J connectivity index is 1.63. The molecule has 3 aromatic rings.